The number of nitrogens with zero attached hydrogens (tertiary/aromatic N) is 2. The highest BCUT2D eigenvalue weighted by molar-refractivity contribution is 5.94. The van der Waals surface area contributed by atoms with E-state index in [9.17, 15) is 4.79 Å². The minimum Gasteiger partial charge on any atom is -0.409 e. The van der Waals surface area contributed by atoms with Crippen molar-refractivity contribution < 1.29 is 10.0 Å². The Labute approximate surface area is 99.5 Å². The number of hydrogen-bond acceptors (Lipinski definition) is 4. The van der Waals surface area contributed by atoms with Gasteiger partial charge in [-0.25, -0.2) is 0 Å². The number of carbonyl (C=O) groups is 1. The van der Waals surface area contributed by atoms with Crippen molar-refractivity contribution in [3.63, 3.8) is 0 Å². The van der Waals surface area contributed by atoms with Crippen LogP contribution in [0.3, 0.4) is 0 Å². The Morgan fingerprint density at radius 2 is 2.41 bits per heavy atom. The molecule has 1 amide bonds. The molecule has 1 aromatic rings. The molecule has 0 saturated carbocycles. The summed E-state index contributed by atoms with van der Waals surface area (Å²) in [7, 11) is 0. The molecule has 1 aromatic heterocycles. The molecule has 0 fully saturated rings. The smallest absolute Gasteiger partial charge is 0.251 e. The number of amidine groups is 1. The molecular formula is C11H16N4O2. The Morgan fingerprint density at radius 1 is 1.71 bits per heavy atom. The predicted molar refractivity (Wildman–Crippen MR) is 63.9 cm³/mol. The maximum absolute atomic E-state index is 11.7. The molecule has 6 nitrogen and oxygen atoms in total. The Hall–Kier alpha value is -2.11. The fourth-order valence-electron chi connectivity index (χ4n) is 1.24. The van der Waals surface area contributed by atoms with Crippen molar-refractivity contribution in [1.82, 2.24) is 10.3 Å². The summed E-state index contributed by atoms with van der Waals surface area (Å²) in [4.78, 5) is 15.7. The van der Waals surface area contributed by atoms with Gasteiger partial charge in [0.05, 0.1) is 0 Å². The topological polar surface area (TPSA) is 101 Å². The summed E-state index contributed by atoms with van der Waals surface area (Å²) in [5.41, 5.74) is 6.73. The zero-order valence-electron chi connectivity index (χ0n) is 9.84. The molecule has 0 saturated heterocycles. The van der Waals surface area contributed by atoms with Crippen molar-refractivity contribution in [1.29, 1.82) is 0 Å². The normalized spacial score (nSPS) is 13.2. The van der Waals surface area contributed by atoms with E-state index in [2.05, 4.69) is 15.5 Å². The van der Waals surface area contributed by atoms with Crippen LogP contribution in [0.2, 0.25) is 0 Å². The molecule has 17 heavy (non-hydrogen) atoms. The Balaban J connectivity index is 2.56. The highest BCUT2D eigenvalue weighted by atomic mass is 16.4. The van der Waals surface area contributed by atoms with Gasteiger partial charge in [0.1, 0.15) is 5.84 Å². The average Bonchev–Trinajstić information content (AvgIpc) is 2.34. The van der Waals surface area contributed by atoms with Crippen LogP contribution in [0.1, 0.15) is 23.0 Å². The van der Waals surface area contributed by atoms with Gasteiger partial charge in [0.2, 0.25) is 0 Å². The van der Waals surface area contributed by atoms with E-state index in [1.54, 1.807) is 25.3 Å². The minimum atomic E-state index is -0.216. The van der Waals surface area contributed by atoms with Crippen LogP contribution in [0, 0.1) is 12.8 Å². The van der Waals surface area contributed by atoms with Crippen molar-refractivity contribution in [3.05, 3.63) is 29.6 Å². The fourth-order valence-corrected chi connectivity index (χ4v) is 1.24. The molecule has 1 atom stereocenters. The van der Waals surface area contributed by atoms with Gasteiger partial charge in [0.25, 0.3) is 5.91 Å². The van der Waals surface area contributed by atoms with Crippen LogP contribution in [0.5, 0.6) is 0 Å². The lowest BCUT2D eigenvalue weighted by Crippen LogP contribution is -2.34. The third-order valence-electron chi connectivity index (χ3n) is 2.35. The summed E-state index contributed by atoms with van der Waals surface area (Å²) in [6.45, 7) is 3.89. The molecule has 92 valence electrons. The first-order valence-electron chi connectivity index (χ1n) is 5.23. The van der Waals surface area contributed by atoms with E-state index in [4.69, 9.17) is 10.9 Å². The fraction of sp³-hybridized carbons (Fsp3) is 0.364. The van der Waals surface area contributed by atoms with E-state index in [-0.39, 0.29) is 17.7 Å². The Kier molecular flexibility index (Phi) is 4.45. The molecule has 0 aliphatic carbocycles. The van der Waals surface area contributed by atoms with Crippen molar-refractivity contribution in [3.8, 4) is 0 Å². The second-order valence-electron chi connectivity index (χ2n) is 3.82. The second kappa shape index (κ2) is 5.83. The first-order valence-corrected chi connectivity index (χ1v) is 5.23. The van der Waals surface area contributed by atoms with Gasteiger partial charge in [-0.3, -0.25) is 9.78 Å². The number of pyridine rings is 1. The number of nitrogens with one attached hydrogen (secondary N) is 1. The molecule has 0 bridgehead atoms. The molecule has 1 unspecified atom stereocenters. The third-order valence-corrected chi connectivity index (χ3v) is 2.35. The number of amides is 1. The van der Waals surface area contributed by atoms with Gasteiger partial charge in [-0.1, -0.05) is 12.1 Å². The van der Waals surface area contributed by atoms with Gasteiger partial charge in [-0.2, -0.15) is 0 Å². The lowest BCUT2D eigenvalue weighted by molar-refractivity contribution is 0.0951. The third kappa shape index (κ3) is 3.75. The molecule has 0 radical (unpaired) electrons. The highest BCUT2D eigenvalue weighted by Crippen LogP contribution is 2.01. The van der Waals surface area contributed by atoms with Crippen molar-refractivity contribution in [2.75, 3.05) is 6.54 Å². The van der Waals surface area contributed by atoms with E-state index in [0.29, 0.717) is 12.1 Å². The number of hydrogen-bond donors (Lipinski definition) is 3. The number of aromatic nitrogens is 1. The van der Waals surface area contributed by atoms with E-state index >= 15 is 0 Å². The van der Waals surface area contributed by atoms with Gasteiger partial charge in [0, 0.05) is 29.9 Å². The molecular weight excluding hydrogens is 220 g/mol. The first kappa shape index (κ1) is 13.0. The summed E-state index contributed by atoms with van der Waals surface area (Å²) in [6.07, 6.45) is 1.58. The zero-order chi connectivity index (χ0) is 12.8. The maximum atomic E-state index is 11.7. The lowest BCUT2D eigenvalue weighted by atomic mass is 10.1. The number of carbonyl (C=O) groups excluding carboxylic acids is 1. The molecule has 6 heteroatoms. The quantitative estimate of drug-likeness (QED) is 0.307. The summed E-state index contributed by atoms with van der Waals surface area (Å²) in [5.74, 6) is -0.323. The molecule has 0 aliphatic heterocycles. The number of aryl methyl sites for hydroxylation is 1. The monoisotopic (exact) mass is 236 g/mol. The first-order chi connectivity index (χ1) is 8.04. The summed E-state index contributed by atoms with van der Waals surface area (Å²) in [5, 5.41) is 14.1. The predicted octanol–water partition coefficient (Wildman–Crippen LogP) is 0.502. The average molecular weight is 236 g/mol. The number of oxime groups is 1. The van der Waals surface area contributed by atoms with E-state index < -0.39 is 0 Å². The van der Waals surface area contributed by atoms with E-state index in [0.717, 1.165) is 5.69 Å². The number of rotatable bonds is 4. The molecule has 0 spiro atoms. The summed E-state index contributed by atoms with van der Waals surface area (Å²) >= 11 is 0. The largest absolute Gasteiger partial charge is 0.409 e. The highest BCUT2D eigenvalue weighted by Gasteiger charge is 2.11. The molecule has 0 aromatic carbocycles. The second-order valence-corrected chi connectivity index (χ2v) is 3.82. The van der Waals surface area contributed by atoms with Crippen molar-refractivity contribution >= 4 is 11.7 Å². The lowest BCUT2D eigenvalue weighted by Gasteiger charge is -2.11. The SMILES string of the molecule is Cc1cc(C(=O)NCC(C)/C(N)=N/O)ccn1. The zero-order valence-corrected chi connectivity index (χ0v) is 9.84. The Morgan fingerprint density at radius 3 is 3.00 bits per heavy atom. The van der Waals surface area contributed by atoms with Gasteiger partial charge in [0.15, 0.2) is 0 Å². The Bertz CT molecular complexity index is 431. The molecule has 4 N–H and O–H groups in total. The molecule has 1 rings (SSSR count). The summed E-state index contributed by atoms with van der Waals surface area (Å²) in [6, 6.07) is 3.33. The molecule has 1 heterocycles. The van der Waals surface area contributed by atoms with Gasteiger partial charge in [-0.15, -0.1) is 0 Å². The maximum Gasteiger partial charge on any atom is 0.251 e. The molecule has 0 aliphatic rings. The van der Waals surface area contributed by atoms with E-state index in [1.807, 2.05) is 6.92 Å². The van der Waals surface area contributed by atoms with Crippen LogP contribution in [0.25, 0.3) is 0 Å². The number of nitrogens with two attached hydrogens (primary N) is 1. The van der Waals surface area contributed by atoms with E-state index in [1.165, 1.54) is 0 Å². The van der Waals surface area contributed by atoms with Crippen molar-refractivity contribution in [2.45, 2.75) is 13.8 Å². The minimum absolute atomic E-state index is 0.0937. The van der Waals surface area contributed by atoms with Gasteiger partial charge >= 0.3 is 0 Å². The van der Waals surface area contributed by atoms with Crippen LogP contribution in [-0.4, -0.2) is 28.5 Å². The van der Waals surface area contributed by atoms with Crippen LogP contribution in [-0.2, 0) is 0 Å². The van der Waals surface area contributed by atoms with Crippen LogP contribution in [0.4, 0.5) is 0 Å². The van der Waals surface area contributed by atoms with Gasteiger partial charge < -0.3 is 16.3 Å². The van der Waals surface area contributed by atoms with Crippen molar-refractivity contribution in [2.24, 2.45) is 16.8 Å². The van der Waals surface area contributed by atoms with Crippen LogP contribution < -0.4 is 11.1 Å². The standard InChI is InChI=1S/C11H16N4O2/c1-7(10(12)15-17)6-14-11(16)9-3-4-13-8(2)5-9/h3-5,7,17H,6H2,1-2H3,(H2,12,15)(H,14,16). The van der Waals surface area contributed by atoms with Gasteiger partial charge in [-0.05, 0) is 19.1 Å². The summed E-state index contributed by atoms with van der Waals surface area (Å²) < 4.78 is 0. The van der Waals surface area contributed by atoms with Crippen LogP contribution >= 0.6 is 0 Å². The van der Waals surface area contributed by atoms with Crippen LogP contribution in [0.15, 0.2) is 23.5 Å².